The first kappa shape index (κ1) is 25.0. The van der Waals surface area contributed by atoms with E-state index in [0.29, 0.717) is 24.5 Å². The summed E-state index contributed by atoms with van der Waals surface area (Å²) in [5.41, 5.74) is 2.58. The van der Waals surface area contributed by atoms with E-state index in [4.69, 9.17) is 9.15 Å². The van der Waals surface area contributed by atoms with Crippen LogP contribution in [0.3, 0.4) is 0 Å². The number of furan rings is 1. The maximum atomic E-state index is 13.7. The highest BCUT2D eigenvalue weighted by Crippen LogP contribution is 2.34. The van der Waals surface area contributed by atoms with E-state index in [1.807, 2.05) is 28.9 Å². The SMILES string of the molecule is CCc1ccc2[nH]c(=O)c(C(c3nnnn3C3CCCCC3)N(Cc3ccco3)CC3CCCO3)cc2c1. The normalized spacial score (nSPS) is 19.5. The van der Waals surface area contributed by atoms with Crippen LogP contribution in [-0.2, 0) is 17.7 Å². The molecule has 0 amide bonds. The zero-order valence-electron chi connectivity index (χ0n) is 22.0. The monoisotopic (exact) mass is 516 g/mol. The highest BCUT2D eigenvalue weighted by atomic mass is 16.5. The van der Waals surface area contributed by atoms with Crippen LogP contribution in [0.4, 0.5) is 0 Å². The number of hydrogen-bond donors (Lipinski definition) is 1. The highest BCUT2D eigenvalue weighted by molar-refractivity contribution is 5.80. The standard InChI is InChI=1S/C29H36N6O3/c1-2-20-12-13-26-21(16-20)17-25(29(36)30-26)27(28-31-32-33-35(28)22-8-4-3-5-9-22)34(18-23-10-6-14-37-23)19-24-11-7-15-38-24/h6,10,12-14,16-17,22,24,27H,2-5,7-9,11,15,18-19H2,1H3,(H,30,36). The molecule has 2 unspecified atom stereocenters. The van der Waals surface area contributed by atoms with Crippen molar-refractivity contribution in [3.8, 4) is 0 Å². The first-order chi connectivity index (χ1) is 18.7. The van der Waals surface area contributed by atoms with Crippen LogP contribution >= 0.6 is 0 Å². The maximum absolute atomic E-state index is 13.7. The van der Waals surface area contributed by atoms with E-state index in [0.717, 1.165) is 68.2 Å². The molecule has 2 aliphatic rings. The summed E-state index contributed by atoms with van der Waals surface area (Å²) in [5.74, 6) is 1.54. The van der Waals surface area contributed by atoms with E-state index in [9.17, 15) is 4.79 Å². The number of aryl methyl sites for hydroxylation is 1. The number of aromatic nitrogens is 5. The van der Waals surface area contributed by atoms with Gasteiger partial charge in [-0.05, 0) is 83.8 Å². The van der Waals surface area contributed by atoms with Crippen molar-refractivity contribution in [3.63, 3.8) is 0 Å². The van der Waals surface area contributed by atoms with Gasteiger partial charge in [0, 0.05) is 24.2 Å². The lowest BCUT2D eigenvalue weighted by Crippen LogP contribution is -2.39. The fraction of sp³-hybridized carbons (Fsp3) is 0.517. The molecule has 1 aliphatic carbocycles. The van der Waals surface area contributed by atoms with Crippen LogP contribution in [0.15, 0.2) is 51.9 Å². The molecule has 9 nitrogen and oxygen atoms in total. The molecule has 2 fully saturated rings. The van der Waals surface area contributed by atoms with Crippen LogP contribution in [0.25, 0.3) is 10.9 Å². The van der Waals surface area contributed by atoms with Crippen molar-refractivity contribution in [2.24, 2.45) is 0 Å². The number of hydrogen-bond acceptors (Lipinski definition) is 7. The van der Waals surface area contributed by atoms with Crippen molar-refractivity contribution >= 4 is 10.9 Å². The minimum Gasteiger partial charge on any atom is -0.468 e. The predicted molar refractivity (Wildman–Crippen MR) is 144 cm³/mol. The minimum atomic E-state index is -0.459. The highest BCUT2D eigenvalue weighted by Gasteiger charge is 2.35. The molecule has 4 aromatic rings. The van der Waals surface area contributed by atoms with Gasteiger partial charge in [0.05, 0.1) is 25.0 Å². The first-order valence-electron chi connectivity index (χ1n) is 14.0. The number of ether oxygens (including phenoxy) is 1. The third-order valence-electron chi connectivity index (χ3n) is 8.09. The van der Waals surface area contributed by atoms with E-state index in [2.05, 4.69) is 44.5 Å². The molecule has 1 aliphatic heterocycles. The Morgan fingerprint density at radius 3 is 2.79 bits per heavy atom. The smallest absolute Gasteiger partial charge is 0.253 e. The number of benzene rings is 1. The van der Waals surface area contributed by atoms with Gasteiger partial charge in [-0.2, -0.15) is 0 Å². The summed E-state index contributed by atoms with van der Waals surface area (Å²) < 4.78 is 13.8. The van der Waals surface area contributed by atoms with E-state index in [1.165, 1.54) is 12.0 Å². The van der Waals surface area contributed by atoms with Crippen molar-refractivity contribution in [2.75, 3.05) is 13.2 Å². The average Bonchev–Trinajstić information content (AvgIpc) is 3.73. The Morgan fingerprint density at radius 1 is 1.13 bits per heavy atom. The second-order valence-electron chi connectivity index (χ2n) is 10.6. The minimum absolute atomic E-state index is 0.0812. The second-order valence-corrected chi connectivity index (χ2v) is 10.6. The summed E-state index contributed by atoms with van der Waals surface area (Å²) in [4.78, 5) is 19.1. The number of nitrogens with zero attached hydrogens (tertiary/aromatic N) is 5. The van der Waals surface area contributed by atoms with Crippen LogP contribution < -0.4 is 5.56 Å². The van der Waals surface area contributed by atoms with Crippen LogP contribution in [0.5, 0.6) is 0 Å². The molecule has 1 N–H and O–H groups in total. The number of fused-ring (bicyclic) bond motifs is 1. The van der Waals surface area contributed by atoms with Gasteiger partial charge >= 0.3 is 0 Å². The van der Waals surface area contributed by atoms with E-state index >= 15 is 0 Å². The van der Waals surface area contributed by atoms with E-state index in [-0.39, 0.29) is 17.7 Å². The van der Waals surface area contributed by atoms with E-state index in [1.54, 1.807) is 6.26 Å². The van der Waals surface area contributed by atoms with Crippen molar-refractivity contribution < 1.29 is 9.15 Å². The number of nitrogens with one attached hydrogen (secondary N) is 1. The van der Waals surface area contributed by atoms with Gasteiger partial charge in [0.1, 0.15) is 11.8 Å². The van der Waals surface area contributed by atoms with Crippen LogP contribution in [-0.4, -0.2) is 49.3 Å². The lowest BCUT2D eigenvalue weighted by Gasteiger charge is -2.33. The summed E-state index contributed by atoms with van der Waals surface area (Å²) in [5, 5.41) is 14.2. The van der Waals surface area contributed by atoms with Crippen molar-refractivity contribution in [1.29, 1.82) is 0 Å². The number of H-pyrrole nitrogens is 1. The fourth-order valence-corrected chi connectivity index (χ4v) is 6.08. The third-order valence-corrected chi connectivity index (χ3v) is 8.09. The Kier molecular flexibility index (Phi) is 7.38. The summed E-state index contributed by atoms with van der Waals surface area (Å²) in [6.07, 6.45) is 10.4. The van der Waals surface area contributed by atoms with Crippen molar-refractivity contribution in [3.05, 3.63) is 75.7 Å². The second kappa shape index (κ2) is 11.2. The molecule has 1 aromatic carbocycles. The Morgan fingerprint density at radius 2 is 2.03 bits per heavy atom. The molecule has 6 rings (SSSR count). The fourth-order valence-electron chi connectivity index (χ4n) is 6.08. The van der Waals surface area contributed by atoms with Gasteiger partial charge < -0.3 is 14.1 Å². The summed E-state index contributed by atoms with van der Waals surface area (Å²) in [6.45, 7) is 4.07. The van der Waals surface area contributed by atoms with Gasteiger partial charge in [0.25, 0.3) is 5.56 Å². The molecule has 9 heteroatoms. The van der Waals surface area contributed by atoms with Gasteiger partial charge in [-0.15, -0.1) is 5.10 Å². The Balaban J connectivity index is 1.50. The number of tetrazole rings is 1. The molecule has 4 heterocycles. The Labute approximate surface area is 222 Å². The lowest BCUT2D eigenvalue weighted by atomic mass is 9.95. The Bertz CT molecular complexity index is 1400. The van der Waals surface area contributed by atoms with E-state index < -0.39 is 6.04 Å². The van der Waals surface area contributed by atoms with Crippen LogP contribution in [0.2, 0.25) is 0 Å². The molecule has 0 bridgehead atoms. The van der Waals surface area contributed by atoms with Gasteiger partial charge in [-0.25, -0.2) is 4.68 Å². The topological polar surface area (TPSA) is 102 Å². The van der Waals surface area contributed by atoms with Crippen molar-refractivity contribution in [1.82, 2.24) is 30.1 Å². The van der Waals surface area contributed by atoms with Gasteiger partial charge in [0.2, 0.25) is 0 Å². The van der Waals surface area contributed by atoms with Crippen LogP contribution in [0.1, 0.15) is 86.7 Å². The van der Waals surface area contributed by atoms with Gasteiger partial charge in [-0.3, -0.25) is 9.69 Å². The summed E-state index contributed by atoms with van der Waals surface area (Å²) in [7, 11) is 0. The van der Waals surface area contributed by atoms with Gasteiger partial charge in [-0.1, -0.05) is 32.3 Å². The quantitative estimate of drug-likeness (QED) is 0.336. The zero-order valence-corrected chi connectivity index (χ0v) is 22.0. The molecule has 3 aromatic heterocycles. The largest absolute Gasteiger partial charge is 0.468 e. The molecule has 200 valence electrons. The van der Waals surface area contributed by atoms with Crippen LogP contribution in [0, 0.1) is 0 Å². The average molecular weight is 517 g/mol. The molecule has 2 atom stereocenters. The molecule has 0 radical (unpaired) electrons. The maximum Gasteiger partial charge on any atom is 0.253 e. The molecule has 1 saturated heterocycles. The third kappa shape index (κ3) is 5.17. The summed E-state index contributed by atoms with van der Waals surface area (Å²) in [6, 6.07) is 11.9. The summed E-state index contributed by atoms with van der Waals surface area (Å²) >= 11 is 0. The molecular formula is C29H36N6O3. The Hall–Kier alpha value is -3.30. The number of rotatable bonds is 9. The lowest BCUT2D eigenvalue weighted by molar-refractivity contribution is 0.0539. The number of pyridine rings is 1. The molecular weight excluding hydrogens is 480 g/mol. The van der Waals surface area contributed by atoms with Crippen molar-refractivity contribution in [2.45, 2.75) is 83.0 Å². The predicted octanol–water partition coefficient (Wildman–Crippen LogP) is 4.95. The molecule has 1 saturated carbocycles. The zero-order chi connectivity index (χ0) is 25.9. The molecule has 38 heavy (non-hydrogen) atoms. The van der Waals surface area contributed by atoms with Gasteiger partial charge in [0.15, 0.2) is 5.82 Å². The number of aromatic amines is 1. The molecule has 0 spiro atoms. The first-order valence-corrected chi connectivity index (χ1v) is 14.0.